The van der Waals surface area contributed by atoms with Crippen LogP contribution in [0.15, 0.2) is 54.7 Å². The monoisotopic (exact) mass is 325 g/mol. The molecule has 0 bridgehead atoms. The van der Waals surface area contributed by atoms with Crippen LogP contribution in [-0.4, -0.2) is 4.98 Å². The van der Waals surface area contributed by atoms with Crippen molar-refractivity contribution in [1.82, 2.24) is 4.98 Å². The van der Waals surface area contributed by atoms with E-state index >= 15 is 0 Å². The molecule has 1 aromatic heterocycles. The van der Waals surface area contributed by atoms with Crippen molar-refractivity contribution in [3.63, 3.8) is 0 Å². The minimum absolute atomic E-state index is 0.129. The molecule has 0 saturated heterocycles. The summed E-state index contributed by atoms with van der Waals surface area (Å²) in [6.45, 7) is 7.15. The highest BCUT2D eigenvalue weighted by Crippen LogP contribution is 2.30. The SMILES string of the molecule is CC(C)(C)c1cccc(COc2ccc(Cl)c3cccnc23)c1. The zero-order valence-electron chi connectivity index (χ0n) is 13.6. The summed E-state index contributed by atoms with van der Waals surface area (Å²) in [6.07, 6.45) is 1.76. The second kappa shape index (κ2) is 6.21. The first-order chi connectivity index (χ1) is 10.9. The van der Waals surface area contributed by atoms with Crippen LogP contribution in [-0.2, 0) is 12.0 Å². The maximum absolute atomic E-state index is 6.22. The molecule has 3 heteroatoms. The van der Waals surface area contributed by atoms with Crippen LogP contribution in [0.4, 0.5) is 0 Å². The molecule has 0 saturated carbocycles. The van der Waals surface area contributed by atoms with E-state index in [2.05, 4.69) is 50.0 Å². The lowest BCUT2D eigenvalue weighted by Gasteiger charge is -2.20. The summed E-state index contributed by atoms with van der Waals surface area (Å²) in [4.78, 5) is 4.40. The molecule has 0 amide bonds. The van der Waals surface area contributed by atoms with E-state index in [-0.39, 0.29) is 5.41 Å². The van der Waals surface area contributed by atoms with Crippen molar-refractivity contribution >= 4 is 22.5 Å². The topological polar surface area (TPSA) is 22.1 Å². The molecule has 118 valence electrons. The number of fused-ring (bicyclic) bond motifs is 1. The molecule has 0 aliphatic rings. The lowest BCUT2D eigenvalue weighted by Crippen LogP contribution is -2.11. The van der Waals surface area contributed by atoms with E-state index in [0.717, 1.165) is 22.2 Å². The van der Waals surface area contributed by atoms with E-state index in [9.17, 15) is 0 Å². The molecule has 0 aliphatic heterocycles. The van der Waals surface area contributed by atoms with Gasteiger partial charge in [0.2, 0.25) is 0 Å². The fourth-order valence-corrected chi connectivity index (χ4v) is 2.73. The maximum Gasteiger partial charge on any atom is 0.146 e. The van der Waals surface area contributed by atoms with Gasteiger partial charge in [-0.1, -0.05) is 56.6 Å². The van der Waals surface area contributed by atoms with Crippen LogP contribution < -0.4 is 4.74 Å². The standard InChI is InChI=1S/C20H20ClNO/c1-20(2,3)15-7-4-6-14(12-15)13-23-18-10-9-17(21)16-8-5-11-22-19(16)18/h4-12H,13H2,1-3H3. The van der Waals surface area contributed by atoms with Gasteiger partial charge in [0, 0.05) is 11.6 Å². The highest BCUT2D eigenvalue weighted by Gasteiger charge is 2.14. The molecule has 2 aromatic carbocycles. The number of aromatic nitrogens is 1. The largest absolute Gasteiger partial charge is 0.487 e. The highest BCUT2D eigenvalue weighted by molar-refractivity contribution is 6.35. The summed E-state index contributed by atoms with van der Waals surface area (Å²) in [5.74, 6) is 0.756. The average molecular weight is 326 g/mol. The summed E-state index contributed by atoms with van der Waals surface area (Å²) >= 11 is 6.22. The van der Waals surface area contributed by atoms with Gasteiger partial charge in [-0.15, -0.1) is 0 Å². The summed E-state index contributed by atoms with van der Waals surface area (Å²) in [5, 5.41) is 1.60. The first kappa shape index (κ1) is 15.8. The first-order valence-corrected chi connectivity index (χ1v) is 8.08. The lowest BCUT2D eigenvalue weighted by molar-refractivity contribution is 0.309. The number of benzene rings is 2. The molecule has 0 fully saturated rings. The summed E-state index contributed by atoms with van der Waals surface area (Å²) in [7, 11) is 0. The highest BCUT2D eigenvalue weighted by atomic mass is 35.5. The van der Waals surface area contributed by atoms with Gasteiger partial charge < -0.3 is 4.74 Å². The van der Waals surface area contributed by atoms with Gasteiger partial charge in [-0.25, -0.2) is 0 Å². The molecule has 0 unspecified atom stereocenters. The van der Waals surface area contributed by atoms with Gasteiger partial charge in [0.1, 0.15) is 17.9 Å². The van der Waals surface area contributed by atoms with Crippen LogP contribution in [0, 0.1) is 0 Å². The Morgan fingerprint density at radius 1 is 1.04 bits per heavy atom. The third-order valence-electron chi connectivity index (χ3n) is 3.87. The number of hydrogen-bond acceptors (Lipinski definition) is 2. The van der Waals surface area contributed by atoms with Crippen LogP contribution in [0.3, 0.4) is 0 Å². The van der Waals surface area contributed by atoms with Gasteiger partial charge in [-0.05, 0) is 40.8 Å². The van der Waals surface area contributed by atoms with Gasteiger partial charge in [-0.2, -0.15) is 0 Å². The van der Waals surface area contributed by atoms with Crippen molar-refractivity contribution in [1.29, 1.82) is 0 Å². The fourth-order valence-electron chi connectivity index (χ4n) is 2.52. The predicted molar refractivity (Wildman–Crippen MR) is 96.2 cm³/mol. The minimum Gasteiger partial charge on any atom is -0.487 e. The van der Waals surface area contributed by atoms with Gasteiger partial charge in [-0.3, -0.25) is 4.98 Å². The van der Waals surface area contributed by atoms with Crippen LogP contribution in [0.25, 0.3) is 10.9 Å². The van der Waals surface area contributed by atoms with E-state index in [0.29, 0.717) is 11.6 Å². The Morgan fingerprint density at radius 3 is 2.65 bits per heavy atom. The van der Waals surface area contributed by atoms with Gasteiger partial charge >= 0.3 is 0 Å². The van der Waals surface area contributed by atoms with E-state index < -0.39 is 0 Å². The number of rotatable bonds is 3. The summed E-state index contributed by atoms with van der Waals surface area (Å²) in [6, 6.07) is 16.1. The third-order valence-corrected chi connectivity index (χ3v) is 4.20. The minimum atomic E-state index is 0.129. The first-order valence-electron chi connectivity index (χ1n) is 7.70. The second-order valence-corrected chi connectivity index (χ2v) is 7.09. The molecule has 3 rings (SSSR count). The zero-order valence-corrected chi connectivity index (χ0v) is 14.4. The van der Waals surface area contributed by atoms with Gasteiger partial charge in [0.15, 0.2) is 0 Å². The maximum atomic E-state index is 6.22. The molecule has 1 heterocycles. The molecule has 23 heavy (non-hydrogen) atoms. The van der Waals surface area contributed by atoms with Crippen molar-refractivity contribution in [2.24, 2.45) is 0 Å². The van der Waals surface area contributed by atoms with Crippen molar-refractivity contribution in [3.05, 3.63) is 70.9 Å². The van der Waals surface area contributed by atoms with Gasteiger partial charge in [0.25, 0.3) is 0 Å². The molecule has 0 spiro atoms. The predicted octanol–water partition coefficient (Wildman–Crippen LogP) is 5.76. The second-order valence-electron chi connectivity index (χ2n) is 6.68. The van der Waals surface area contributed by atoms with E-state index in [1.807, 2.05) is 24.3 Å². The van der Waals surface area contributed by atoms with Crippen molar-refractivity contribution in [2.45, 2.75) is 32.8 Å². The van der Waals surface area contributed by atoms with E-state index in [1.165, 1.54) is 5.56 Å². The summed E-state index contributed by atoms with van der Waals surface area (Å²) < 4.78 is 6.01. The number of ether oxygens (including phenoxy) is 1. The average Bonchev–Trinajstić information content (AvgIpc) is 2.54. The fraction of sp³-hybridized carbons (Fsp3) is 0.250. The van der Waals surface area contributed by atoms with Crippen LogP contribution in [0.2, 0.25) is 5.02 Å². The van der Waals surface area contributed by atoms with Crippen molar-refractivity contribution in [2.75, 3.05) is 0 Å². The zero-order chi connectivity index (χ0) is 16.4. The Balaban J connectivity index is 1.86. The van der Waals surface area contributed by atoms with E-state index in [1.54, 1.807) is 6.20 Å². The Hall–Kier alpha value is -2.06. The number of nitrogens with zero attached hydrogens (tertiary/aromatic N) is 1. The normalized spacial score (nSPS) is 11.7. The number of hydrogen-bond donors (Lipinski definition) is 0. The van der Waals surface area contributed by atoms with Crippen molar-refractivity contribution < 1.29 is 4.74 Å². The Labute approximate surface area is 142 Å². The lowest BCUT2D eigenvalue weighted by atomic mass is 9.86. The van der Waals surface area contributed by atoms with Gasteiger partial charge in [0.05, 0.1) is 5.02 Å². The Kier molecular flexibility index (Phi) is 4.27. The molecule has 0 radical (unpaired) electrons. The van der Waals surface area contributed by atoms with Crippen molar-refractivity contribution in [3.8, 4) is 5.75 Å². The molecule has 0 N–H and O–H groups in total. The van der Waals surface area contributed by atoms with Crippen LogP contribution >= 0.6 is 11.6 Å². The summed E-state index contributed by atoms with van der Waals surface area (Å²) in [5.41, 5.74) is 3.38. The molecule has 2 nitrogen and oxygen atoms in total. The third kappa shape index (κ3) is 3.48. The molecular formula is C20H20ClNO. The number of pyridine rings is 1. The van der Waals surface area contributed by atoms with Crippen LogP contribution in [0.1, 0.15) is 31.9 Å². The molecule has 0 aliphatic carbocycles. The molecular weight excluding hydrogens is 306 g/mol. The van der Waals surface area contributed by atoms with E-state index in [4.69, 9.17) is 16.3 Å². The van der Waals surface area contributed by atoms with Crippen LogP contribution in [0.5, 0.6) is 5.75 Å². The quantitative estimate of drug-likeness (QED) is 0.610. The molecule has 0 atom stereocenters. The smallest absolute Gasteiger partial charge is 0.146 e. The Morgan fingerprint density at radius 2 is 1.87 bits per heavy atom. The number of halogens is 1. The molecule has 3 aromatic rings. The Bertz CT molecular complexity index is 836.